The maximum absolute atomic E-state index is 3.79. The van der Waals surface area contributed by atoms with Crippen molar-refractivity contribution >= 4 is 110 Å². The molecule has 0 saturated heterocycles. The van der Waals surface area contributed by atoms with Crippen LogP contribution in [0, 0.1) is 0 Å². The van der Waals surface area contributed by atoms with Gasteiger partial charge >= 0.3 is 0 Å². The van der Waals surface area contributed by atoms with Gasteiger partial charge in [0.2, 0.25) is 0 Å². The fourth-order valence-electron chi connectivity index (χ4n) is 7.29. The third-order valence-electron chi connectivity index (χ3n) is 9.93. The van der Waals surface area contributed by atoms with Crippen LogP contribution >= 0.6 is 0 Å². The van der Waals surface area contributed by atoms with E-state index in [1.807, 2.05) is 0 Å². The summed E-state index contributed by atoms with van der Waals surface area (Å²) in [6.07, 6.45) is 0. The highest BCUT2D eigenvalue weighted by Gasteiger charge is 2.21. The number of aromatic nitrogens is 2. The first kappa shape index (κ1) is 25.9. The number of H-pyrrole nitrogens is 1. The van der Waals surface area contributed by atoms with Gasteiger partial charge in [-0.3, -0.25) is 0 Å². The number of hydrogen-bond acceptors (Lipinski definition) is 0. The van der Waals surface area contributed by atoms with Gasteiger partial charge in [-0.1, -0.05) is 95.9 Å². The Morgan fingerprint density at radius 2 is 1.12 bits per heavy atom. The van der Waals surface area contributed by atoms with Crippen molar-refractivity contribution in [3.63, 3.8) is 0 Å². The first-order valence-corrected chi connectivity index (χ1v) is 15.1. The Labute approximate surface area is 256 Å². The molecular weight excluding hydrogens is 514 g/mol. The number of benzene rings is 6. The van der Waals surface area contributed by atoms with E-state index in [1.54, 1.807) is 0 Å². The van der Waals surface area contributed by atoms with Crippen LogP contribution in [0.15, 0.2) is 109 Å². The van der Waals surface area contributed by atoms with Gasteiger partial charge in [0.25, 0.3) is 0 Å². The molecule has 0 radical (unpaired) electrons. The Kier molecular flexibility index (Phi) is 5.81. The van der Waals surface area contributed by atoms with E-state index in [0.717, 1.165) is 0 Å². The van der Waals surface area contributed by atoms with Gasteiger partial charge in [-0.05, 0) is 46.5 Å². The van der Waals surface area contributed by atoms with Gasteiger partial charge in [-0.25, -0.2) is 0 Å². The monoisotopic (exact) mass is 544 g/mol. The summed E-state index contributed by atoms with van der Waals surface area (Å²) >= 11 is 0. The molecule has 43 heavy (non-hydrogen) atoms. The molecule has 2 aromatic heterocycles. The Balaban J connectivity index is 1.52. The summed E-state index contributed by atoms with van der Waals surface area (Å²) in [7, 11) is 11.4. The standard InChI is InChI=1S/C36H29B5N2/c37-30-29(31(38)33(40)34(41)32(30)39)26-18-20(14-15-21(26)19-8-2-1-3-9-19)43-28-13-7-5-11-23(28)25-17-16-24-22-10-4-6-12-27(22)42-35(24)36(25)43/h1-18,42H,37-41H2. The summed E-state index contributed by atoms with van der Waals surface area (Å²) in [5.74, 6) is 0. The van der Waals surface area contributed by atoms with Crippen molar-refractivity contribution < 1.29 is 0 Å². The van der Waals surface area contributed by atoms with Gasteiger partial charge in [-0.15, -0.1) is 16.4 Å². The van der Waals surface area contributed by atoms with Gasteiger partial charge < -0.3 is 9.55 Å². The zero-order valence-electron chi connectivity index (χ0n) is 25.3. The quantitative estimate of drug-likeness (QED) is 0.322. The largest absolute Gasteiger partial charge is 0.353 e. The van der Waals surface area contributed by atoms with Crippen LogP contribution in [0.2, 0.25) is 0 Å². The van der Waals surface area contributed by atoms with Crippen molar-refractivity contribution in [3.8, 4) is 27.9 Å². The molecular formula is C36H29B5N2. The molecule has 8 aromatic rings. The second-order valence-electron chi connectivity index (χ2n) is 12.0. The van der Waals surface area contributed by atoms with E-state index < -0.39 is 0 Å². The van der Waals surface area contributed by atoms with Crippen LogP contribution in [0.5, 0.6) is 0 Å². The zero-order chi connectivity index (χ0) is 29.4. The first-order chi connectivity index (χ1) is 20.9. The lowest BCUT2D eigenvalue weighted by Crippen LogP contribution is -2.55. The van der Waals surface area contributed by atoms with E-state index >= 15 is 0 Å². The fraction of sp³-hybridized carbons (Fsp3) is 0. The minimum absolute atomic E-state index is 1.17. The molecule has 0 aliphatic heterocycles. The maximum Gasteiger partial charge on any atom is 0.139 e. The van der Waals surface area contributed by atoms with E-state index in [0.29, 0.717) is 0 Å². The van der Waals surface area contributed by atoms with Crippen LogP contribution in [0.4, 0.5) is 0 Å². The van der Waals surface area contributed by atoms with Crippen molar-refractivity contribution in [1.29, 1.82) is 0 Å². The topological polar surface area (TPSA) is 20.7 Å². The second kappa shape index (κ2) is 9.64. The highest BCUT2D eigenvalue weighted by molar-refractivity contribution is 6.68. The van der Waals surface area contributed by atoms with Crippen LogP contribution < -0.4 is 27.3 Å². The summed E-state index contributed by atoms with van der Waals surface area (Å²) in [6, 6.07) is 39.9. The Bertz CT molecular complexity index is 2370. The molecule has 1 N–H and O–H groups in total. The predicted octanol–water partition coefficient (Wildman–Crippen LogP) is 1.04. The lowest BCUT2D eigenvalue weighted by atomic mass is 9.59. The molecule has 6 aromatic carbocycles. The molecule has 0 spiro atoms. The number of hydrogen-bond donors (Lipinski definition) is 1. The molecule has 0 amide bonds. The molecule has 0 atom stereocenters. The summed E-state index contributed by atoms with van der Waals surface area (Å²) in [5, 5.41) is 5.04. The van der Waals surface area contributed by atoms with Crippen molar-refractivity contribution in [2.24, 2.45) is 0 Å². The Morgan fingerprint density at radius 3 is 1.88 bits per heavy atom. The van der Waals surface area contributed by atoms with Crippen molar-refractivity contribution in [1.82, 2.24) is 9.55 Å². The molecule has 7 heteroatoms. The average Bonchev–Trinajstić information content (AvgIpc) is 3.59. The van der Waals surface area contributed by atoms with E-state index in [4.69, 9.17) is 0 Å². The predicted molar refractivity (Wildman–Crippen MR) is 202 cm³/mol. The fourth-order valence-corrected chi connectivity index (χ4v) is 7.29. The van der Waals surface area contributed by atoms with E-state index in [9.17, 15) is 0 Å². The third kappa shape index (κ3) is 3.74. The molecule has 0 unspecified atom stereocenters. The average molecular weight is 544 g/mol. The van der Waals surface area contributed by atoms with Gasteiger partial charge in [0.05, 0.1) is 16.6 Å². The number of rotatable bonds is 3. The number of nitrogens with zero attached hydrogens (tertiary/aromatic N) is 1. The first-order valence-electron chi connectivity index (χ1n) is 15.1. The molecule has 0 saturated carbocycles. The van der Waals surface area contributed by atoms with E-state index in [2.05, 4.69) is 158 Å². The van der Waals surface area contributed by atoms with Crippen LogP contribution in [0.1, 0.15) is 0 Å². The lowest BCUT2D eigenvalue weighted by Gasteiger charge is -2.23. The highest BCUT2D eigenvalue weighted by Crippen LogP contribution is 2.40. The van der Waals surface area contributed by atoms with Crippen molar-refractivity contribution in [3.05, 3.63) is 109 Å². The number of aromatic amines is 1. The van der Waals surface area contributed by atoms with E-state index in [1.165, 1.54) is 98.9 Å². The number of nitrogens with one attached hydrogen (secondary N) is 1. The van der Waals surface area contributed by atoms with Crippen LogP contribution in [-0.2, 0) is 0 Å². The highest BCUT2D eigenvalue weighted by atomic mass is 15.0. The molecule has 0 fully saturated rings. The summed E-state index contributed by atoms with van der Waals surface area (Å²) in [6.45, 7) is 0. The summed E-state index contributed by atoms with van der Waals surface area (Å²) in [5.41, 5.74) is 17.9. The van der Waals surface area contributed by atoms with Crippen LogP contribution in [-0.4, -0.2) is 48.8 Å². The van der Waals surface area contributed by atoms with E-state index in [-0.39, 0.29) is 0 Å². The Morgan fingerprint density at radius 1 is 0.488 bits per heavy atom. The SMILES string of the molecule is Bc1c(B)c(B)c(-c2cc(-n3c4ccccc4c4ccc5c6ccccc6[nH]c5c43)ccc2-c2ccccc2)c(B)c1B. The zero-order valence-corrected chi connectivity index (χ0v) is 25.3. The normalized spacial score (nSPS) is 11.7. The van der Waals surface area contributed by atoms with Gasteiger partial charge in [-0.2, -0.15) is 0 Å². The van der Waals surface area contributed by atoms with Gasteiger partial charge in [0.15, 0.2) is 0 Å². The minimum Gasteiger partial charge on any atom is -0.353 e. The second-order valence-corrected chi connectivity index (χ2v) is 12.0. The summed E-state index contributed by atoms with van der Waals surface area (Å²) < 4.78 is 2.47. The van der Waals surface area contributed by atoms with Crippen LogP contribution in [0.3, 0.4) is 0 Å². The third-order valence-corrected chi connectivity index (χ3v) is 9.93. The lowest BCUT2D eigenvalue weighted by molar-refractivity contribution is 1.18. The molecule has 8 rings (SSSR count). The van der Waals surface area contributed by atoms with Crippen molar-refractivity contribution in [2.75, 3.05) is 0 Å². The molecule has 2 heterocycles. The molecule has 0 bridgehead atoms. The van der Waals surface area contributed by atoms with Crippen LogP contribution in [0.25, 0.3) is 71.6 Å². The molecule has 198 valence electrons. The molecule has 0 aliphatic carbocycles. The van der Waals surface area contributed by atoms with Crippen molar-refractivity contribution in [2.45, 2.75) is 0 Å². The molecule has 0 aliphatic rings. The smallest absolute Gasteiger partial charge is 0.139 e. The molecule has 2 nitrogen and oxygen atoms in total. The number of para-hydroxylation sites is 2. The Hall–Kier alpha value is -4.76. The maximum atomic E-state index is 3.79. The van der Waals surface area contributed by atoms with Gasteiger partial charge in [0.1, 0.15) is 39.2 Å². The minimum atomic E-state index is 1.17. The summed E-state index contributed by atoms with van der Waals surface area (Å²) in [4.78, 5) is 3.79. The van der Waals surface area contributed by atoms with Gasteiger partial charge in [0, 0.05) is 32.7 Å². The number of fused-ring (bicyclic) bond motifs is 7.